The van der Waals surface area contributed by atoms with Crippen molar-refractivity contribution in [1.82, 2.24) is 14.2 Å². The van der Waals surface area contributed by atoms with Crippen LogP contribution in [0.4, 0.5) is 0 Å². The van der Waals surface area contributed by atoms with Crippen molar-refractivity contribution in [1.29, 1.82) is 0 Å². The third-order valence-electron chi connectivity index (χ3n) is 2.74. The summed E-state index contributed by atoms with van der Waals surface area (Å²) < 4.78 is 0.920. The highest BCUT2D eigenvalue weighted by atomic mass is 32.2. The second kappa shape index (κ2) is 5.12. The second-order valence-corrected chi connectivity index (χ2v) is 6.22. The summed E-state index contributed by atoms with van der Waals surface area (Å²) in [5.41, 5.74) is -0.187. The molecule has 0 saturated heterocycles. The smallest absolute Gasteiger partial charge is 0.357 e. The van der Waals surface area contributed by atoms with E-state index >= 15 is 0 Å². The van der Waals surface area contributed by atoms with Crippen LogP contribution in [0.3, 0.4) is 0 Å². The lowest BCUT2D eigenvalue weighted by atomic mass is 10.2. The van der Waals surface area contributed by atoms with Gasteiger partial charge in [0.1, 0.15) is 4.75 Å². The molecule has 0 radical (unpaired) electrons. The van der Waals surface area contributed by atoms with Gasteiger partial charge < -0.3 is 5.11 Å². The normalized spacial score (nSPS) is 11.7. The van der Waals surface area contributed by atoms with Crippen molar-refractivity contribution in [3.05, 3.63) is 34.9 Å². The summed E-state index contributed by atoms with van der Waals surface area (Å²) in [5, 5.41) is 12.9. The summed E-state index contributed by atoms with van der Waals surface area (Å²) in [6.45, 7) is 3.00. The van der Waals surface area contributed by atoms with Gasteiger partial charge in [0.2, 0.25) is 0 Å². The maximum absolute atomic E-state index is 12.0. The predicted octanol–water partition coefficient (Wildman–Crippen LogP) is 0.733. The number of fused-ring (bicyclic) bond motifs is 1. The number of carbonyl (C=O) groups is 2. The molecule has 1 N–H and O–H groups in total. The van der Waals surface area contributed by atoms with E-state index in [1.54, 1.807) is 18.2 Å². The SMILES string of the molecule is CC(C)(SCC(=O)n1nc2ccccn2c1=O)C(=O)O. The van der Waals surface area contributed by atoms with Gasteiger partial charge >= 0.3 is 11.7 Å². The van der Waals surface area contributed by atoms with E-state index in [2.05, 4.69) is 5.10 Å². The van der Waals surface area contributed by atoms with Crippen molar-refractivity contribution < 1.29 is 14.7 Å². The Bertz CT molecular complexity index is 732. The van der Waals surface area contributed by atoms with Crippen molar-refractivity contribution in [2.24, 2.45) is 0 Å². The Kier molecular flexibility index (Phi) is 3.67. The van der Waals surface area contributed by atoms with E-state index in [1.807, 2.05) is 0 Å². The Morgan fingerprint density at radius 3 is 2.70 bits per heavy atom. The van der Waals surface area contributed by atoms with Crippen molar-refractivity contribution >= 4 is 29.3 Å². The number of hydrogen-bond acceptors (Lipinski definition) is 5. The van der Waals surface area contributed by atoms with Gasteiger partial charge in [-0.05, 0) is 26.0 Å². The van der Waals surface area contributed by atoms with Crippen LogP contribution in [0.15, 0.2) is 29.2 Å². The zero-order chi connectivity index (χ0) is 14.9. The quantitative estimate of drug-likeness (QED) is 0.894. The zero-order valence-electron chi connectivity index (χ0n) is 10.9. The molecule has 8 heteroatoms. The van der Waals surface area contributed by atoms with Gasteiger partial charge in [0, 0.05) is 6.20 Å². The average molecular weight is 295 g/mol. The summed E-state index contributed by atoms with van der Waals surface area (Å²) in [7, 11) is 0. The molecule has 7 nitrogen and oxygen atoms in total. The molecule has 0 aliphatic heterocycles. The monoisotopic (exact) mass is 295 g/mol. The minimum Gasteiger partial charge on any atom is -0.480 e. The number of carboxylic acid groups (broad SMARTS) is 1. The number of thioether (sulfide) groups is 1. The maximum atomic E-state index is 12.0. The zero-order valence-corrected chi connectivity index (χ0v) is 11.8. The van der Waals surface area contributed by atoms with E-state index in [-0.39, 0.29) is 5.75 Å². The Hall–Kier alpha value is -2.09. The molecule has 2 rings (SSSR count). The van der Waals surface area contributed by atoms with Gasteiger partial charge in [-0.1, -0.05) is 6.07 Å². The highest BCUT2D eigenvalue weighted by molar-refractivity contribution is 8.01. The van der Waals surface area contributed by atoms with Crippen molar-refractivity contribution in [3.63, 3.8) is 0 Å². The van der Waals surface area contributed by atoms with Gasteiger partial charge in [-0.25, -0.2) is 9.20 Å². The summed E-state index contributed by atoms with van der Waals surface area (Å²) in [4.78, 5) is 34.9. The Morgan fingerprint density at radius 1 is 1.40 bits per heavy atom. The van der Waals surface area contributed by atoms with Gasteiger partial charge in [0.15, 0.2) is 5.65 Å². The standard InChI is InChI=1S/C12H13N3O4S/c1-12(2,10(17)18)20-7-9(16)15-11(19)14-6-4-3-5-8(14)13-15/h3-6H,7H2,1-2H3,(H,17,18). The third kappa shape index (κ3) is 2.60. The molecule has 0 spiro atoms. The number of pyridine rings is 1. The molecular formula is C12H13N3O4S. The van der Waals surface area contributed by atoms with Gasteiger partial charge in [0.25, 0.3) is 5.91 Å². The van der Waals surface area contributed by atoms with Crippen LogP contribution >= 0.6 is 11.8 Å². The molecule has 0 atom stereocenters. The minimum absolute atomic E-state index is 0.136. The Balaban J connectivity index is 2.22. The van der Waals surface area contributed by atoms with Crippen molar-refractivity contribution in [2.45, 2.75) is 18.6 Å². The number of carbonyl (C=O) groups excluding carboxylic acids is 1. The first-order chi connectivity index (χ1) is 9.33. The van der Waals surface area contributed by atoms with Gasteiger partial charge in [-0.15, -0.1) is 21.5 Å². The molecule has 0 aliphatic carbocycles. The van der Waals surface area contributed by atoms with Gasteiger partial charge in [-0.2, -0.15) is 0 Å². The number of aliphatic carboxylic acids is 1. The number of aromatic nitrogens is 3. The number of hydrogen-bond donors (Lipinski definition) is 1. The van der Waals surface area contributed by atoms with E-state index in [4.69, 9.17) is 5.11 Å². The summed E-state index contributed by atoms with van der Waals surface area (Å²) in [6, 6.07) is 4.98. The highest BCUT2D eigenvalue weighted by Gasteiger charge is 2.29. The Morgan fingerprint density at radius 2 is 2.10 bits per heavy atom. The summed E-state index contributed by atoms with van der Waals surface area (Å²) >= 11 is 0.950. The third-order valence-corrected chi connectivity index (χ3v) is 4.02. The first kappa shape index (κ1) is 14.3. The first-order valence-electron chi connectivity index (χ1n) is 5.80. The molecule has 0 aromatic carbocycles. The van der Waals surface area contributed by atoms with Crippen LogP contribution in [0.1, 0.15) is 18.6 Å². The molecule has 2 aromatic rings. The predicted molar refractivity (Wildman–Crippen MR) is 74.3 cm³/mol. The summed E-state index contributed by atoms with van der Waals surface area (Å²) in [5.74, 6) is -1.70. The fourth-order valence-electron chi connectivity index (χ4n) is 1.45. The molecule has 0 bridgehead atoms. The topological polar surface area (TPSA) is 93.7 Å². The van der Waals surface area contributed by atoms with E-state index in [9.17, 15) is 14.4 Å². The van der Waals surface area contributed by atoms with Crippen molar-refractivity contribution in [3.8, 4) is 0 Å². The van der Waals surface area contributed by atoms with Crippen molar-refractivity contribution in [2.75, 3.05) is 5.75 Å². The second-order valence-electron chi connectivity index (χ2n) is 4.62. The van der Waals surface area contributed by atoms with Crippen LogP contribution in [0.5, 0.6) is 0 Å². The molecule has 0 fully saturated rings. The molecular weight excluding hydrogens is 282 g/mol. The molecule has 0 saturated carbocycles. The largest absolute Gasteiger partial charge is 0.480 e. The lowest BCUT2D eigenvalue weighted by Crippen LogP contribution is -2.33. The highest BCUT2D eigenvalue weighted by Crippen LogP contribution is 2.24. The lowest BCUT2D eigenvalue weighted by molar-refractivity contribution is -0.138. The van der Waals surface area contributed by atoms with Crippen LogP contribution in [-0.4, -0.2) is 41.7 Å². The first-order valence-corrected chi connectivity index (χ1v) is 6.78. The number of nitrogens with zero attached hydrogens (tertiary/aromatic N) is 3. The fourth-order valence-corrected chi connectivity index (χ4v) is 2.18. The van der Waals surface area contributed by atoms with E-state index < -0.39 is 22.3 Å². The van der Waals surface area contributed by atoms with Crippen LogP contribution in [0, 0.1) is 0 Å². The van der Waals surface area contributed by atoms with E-state index in [0.717, 1.165) is 16.4 Å². The van der Waals surface area contributed by atoms with E-state index in [0.29, 0.717) is 5.65 Å². The van der Waals surface area contributed by atoms with Crippen LogP contribution in [0.25, 0.3) is 5.65 Å². The van der Waals surface area contributed by atoms with Gasteiger partial charge in [-0.3, -0.25) is 9.59 Å². The number of carboxylic acids is 1. The molecule has 106 valence electrons. The van der Waals surface area contributed by atoms with Crippen LogP contribution < -0.4 is 5.69 Å². The maximum Gasteiger partial charge on any atom is 0.357 e. The van der Waals surface area contributed by atoms with Crippen LogP contribution in [0.2, 0.25) is 0 Å². The summed E-state index contributed by atoms with van der Waals surface area (Å²) in [6.07, 6.45) is 1.52. The minimum atomic E-state index is -1.10. The fraction of sp³-hybridized carbons (Fsp3) is 0.333. The molecule has 0 unspecified atom stereocenters. The molecule has 2 aromatic heterocycles. The Labute approximate surface area is 118 Å². The average Bonchev–Trinajstić information content (AvgIpc) is 2.74. The molecule has 20 heavy (non-hydrogen) atoms. The van der Waals surface area contributed by atoms with Gasteiger partial charge in [0.05, 0.1) is 5.75 Å². The van der Waals surface area contributed by atoms with Crippen LogP contribution in [-0.2, 0) is 4.79 Å². The molecule has 0 aliphatic rings. The molecule has 0 amide bonds. The van der Waals surface area contributed by atoms with E-state index in [1.165, 1.54) is 24.4 Å². The lowest BCUT2D eigenvalue weighted by Gasteiger charge is -2.17. The number of rotatable bonds is 4. The molecule has 2 heterocycles.